The Morgan fingerprint density at radius 3 is 1.97 bits per heavy atom. The van der Waals surface area contributed by atoms with Crippen LogP contribution in [0.15, 0.2) is 43.0 Å². The van der Waals surface area contributed by atoms with Crippen LogP contribution in [-0.2, 0) is 4.79 Å². The van der Waals surface area contributed by atoms with Gasteiger partial charge in [0.15, 0.2) is 11.6 Å². The van der Waals surface area contributed by atoms with Gasteiger partial charge in [-0.15, -0.1) is 0 Å². The number of benzene rings is 1. The van der Waals surface area contributed by atoms with Gasteiger partial charge in [0, 0.05) is 17.1 Å². The number of aliphatic carboxylic acids is 1. The van der Waals surface area contributed by atoms with E-state index in [0.717, 1.165) is 29.5 Å². The first kappa shape index (κ1) is 23.4. The molecule has 2 heterocycles. The number of halogens is 5. The lowest BCUT2D eigenvalue weighted by molar-refractivity contribution is -0.192. The van der Waals surface area contributed by atoms with Crippen molar-refractivity contribution in [2.24, 2.45) is 0 Å². The van der Waals surface area contributed by atoms with Gasteiger partial charge in [0.2, 0.25) is 0 Å². The number of carboxylic acids is 1. The summed E-state index contributed by atoms with van der Waals surface area (Å²) in [4.78, 5) is 28.5. The maximum absolute atomic E-state index is 13.6. The average molecular weight is 442 g/mol. The molecule has 2 N–H and O–H groups in total. The molecule has 0 fully saturated rings. The van der Waals surface area contributed by atoms with Crippen molar-refractivity contribution in [1.29, 1.82) is 0 Å². The van der Waals surface area contributed by atoms with Crippen LogP contribution >= 0.6 is 0 Å². The van der Waals surface area contributed by atoms with Crippen LogP contribution in [-0.4, -0.2) is 37.7 Å². The lowest BCUT2D eigenvalue weighted by atomic mass is 10.2. The number of hydrogen-bond acceptors (Lipinski definition) is 4. The molecule has 7 nitrogen and oxygen atoms in total. The number of amides is 1. The van der Waals surface area contributed by atoms with E-state index >= 15 is 0 Å². The molecular formula is C19H15F5N4O3. The summed E-state index contributed by atoms with van der Waals surface area (Å²) < 4.78 is 60.8. The lowest BCUT2D eigenvalue weighted by Crippen LogP contribution is -2.21. The molecule has 3 aromatic rings. The summed E-state index contributed by atoms with van der Waals surface area (Å²) >= 11 is 0. The van der Waals surface area contributed by atoms with Gasteiger partial charge >= 0.3 is 12.1 Å². The summed E-state index contributed by atoms with van der Waals surface area (Å²) in [5.74, 6) is -5.63. The number of nitrogens with one attached hydrogen (secondary N) is 1. The van der Waals surface area contributed by atoms with Gasteiger partial charge in [-0.1, -0.05) is 0 Å². The van der Waals surface area contributed by atoms with Gasteiger partial charge in [0.1, 0.15) is 5.56 Å². The number of carbonyl (C=O) groups is 2. The normalized spacial score (nSPS) is 10.8. The van der Waals surface area contributed by atoms with E-state index in [-0.39, 0.29) is 0 Å². The number of nitrogens with zero attached hydrogens (tertiary/aromatic N) is 3. The van der Waals surface area contributed by atoms with Crippen molar-refractivity contribution >= 4 is 17.6 Å². The summed E-state index contributed by atoms with van der Waals surface area (Å²) in [6.07, 6.45) is -1.78. The van der Waals surface area contributed by atoms with E-state index in [2.05, 4.69) is 15.3 Å². The second-order valence-corrected chi connectivity index (χ2v) is 6.07. The fourth-order valence-corrected chi connectivity index (χ4v) is 2.29. The highest BCUT2D eigenvalue weighted by Gasteiger charge is 2.38. The fraction of sp³-hybridized carbons (Fsp3) is 0.158. The molecule has 1 aromatic carbocycles. The SMILES string of the molecule is Cc1ncn(-c2ccc(NC(=O)c3c(F)cncc3F)cc2)c1C.O=C(O)C(F)(F)F. The van der Waals surface area contributed by atoms with Crippen LogP contribution in [0.4, 0.5) is 27.6 Å². The molecule has 12 heteroatoms. The Kier molecular flexibility index (Phi) is 7.05. The van der Waals surface area contributed by atoms with E-state index in [1.807, 2.05) is 18.4 Å². The van der Waals surface area contributed by atoms with Gasteiger partial charge in [-0.25, -0.2) is 18.6 Å². The molecule has 0 atom stereocenters. The smallest absolute Gasteiger partial charge is 0.475 e. The third-order valence-corrected chi connectivity index (χ3v) is 3.98. The molecule has 0 spiro atoms. The monoisotopic (exact) mass is 442 g/mol. The van der Waals surface area contributed by atoms with Crippen LogP contribution in [0.3, 0.4) is 0 Å². The topological polar surface area (TPSA) is 97.1 Å². The standard InChI is InChI=1S/C17H14F2N4O.C2HF3O2/c1-10-11(2)23(9-21-10)13-5-3-12(4-6-13)22-17(24)16-14(18)7-20-8-15(16)19;3-2(4,5)1(6)7/h3-9H,1-2H3,(H,22,24);(H,6,7). The third-order valence-electron chi connectivity index (χ3n) is 3.98. The van der Waals surface area contributed by atoms with Crippen LogP contribution in [0, 0.1) is 25.5 Å². The number of hydrogen-bond donors (Lipinski definition) is 2. The molecule has 0 unspecified atom stereocenters. The van der Waals surface area contributed by atoms with E-state index in [9.17, 15) is 26.7 Å². The average Bonchev–Trinajstić information content (AvgIpc) is 3.01. The Morgan fingerprint density at radius 1 is 1.03 bits per heavy atom. The maximum atomic E-state index is 13.6. The molecule has 164 valence electrons. The number of pyridine rings is 1. The first-order chi connectivity index (χ1) is 14.4. The Hall–Kier alpha value is -3.83. The zero-order chi connectivity index (χ0) is 23.3. The Morgan fingerprint density at radius 2 is 1.55 bits per heavy atom. The predicted molar refractivity (Wildman–Crippen MR) is 98.8 cm³/mol. The number of anilines is 1. The van der Waals surface area contributed by atoms with Crippen molar-refractivity contribution in [3.05, 3.63) is 71.6 Å². The summed E-state index contributed by atoms with van der Waals surface area (Å²) in [7, 11) is 0. The van der Waals surface area contributed by atoms with Crippen molar-refractivity contribution in [1.82, 2.24) is 14.5 Å². The molecule has 0 aliphatic carbocycles. The van der Waals surface area contributed by atoms with Gasteiger partial charge in [0.25, 0.3) is 5.91 Å². The molecule has 3 rings (SSSR count). The first-order valence-corrected chi connectivity index (χ1v) is 8.43. The van der Waals surface area contributed by atoms with E-state index in [0.29, 0.717) is 5.69 Å². The van der Waals surface area contributed by atoms with E-state index in [4.69, 9.17) is 9.90 Å². The Bertz CT molecular complexity index is 1070. The lowest BCUT2D eigenvalue weighted by Gasteiger charge is -2.09. The minimum Gasteiger partial charge on any atom is -0.475 e. The minimum absolute atomic E-state index is 0.425. The molecule has 0 radical (unpaired) electrons. The van der Waals surface area contributed by atoms with Crippen molar-refractivity contribution in [3.63, 3.8) is 0 Å². The molecule has 31 heavy (non-hydrogen) atoms. The number of carboxylic acid groups (broad SMARTS) is 1. The van der Waals surface area contributed by atoms with Gasteiger partial charge in [0.05, 0.1) is 24.4 Å². The zero-order valence-electron chi connectivity index (χ0n) is 16.0. The van der Waals surface area contributed by atoms with Gasteiger partial charge in [-0.3, -0.25) is 9.78 Å². The number of carbonyl (C=O) groups excluding carboxylic acids is 1. The molecular weight excluding hydrogens is 427 g/mol. The summed E-state index contributed by atoms with van der Waals surface area (Å²) in [5.41, 5.74) is 2.57. The van der Waals surface area contributed by atoms with Crippen LogP contribution < -0.4 is 5.32 Å². The van der Waals surface area contributed by atoms with Crippen molar-refractivity contribution in [2.75, 3.05) is 5.32 Å². The highest BCUT2D eigenvalue weighted by molar-refractivity contribution is 6.04. The van der Waals surface area contributed by atoms with Crippen molar-refractivity contribution in [2.45, 2.75) is 20.0 Å². The van der Waals surface area contributed by atoms with Crippen LogP contribution in [0.25, 0.3) is 5.69 Å². The molecule has 0 bridgehead atoms. The maximum Gasteiger partial charge on any atom is 0.490 e. The zero-order valence-corrected chi connectivity index (χ0v) is 16.0. The molecule has 2 aromatic heterocycles. The van der Waals surface area contributed by atoms with Crippen LogP contribution in [0.5, 0.6) is 0 Å². The number of imidazole rings is 1. The van der Waals surface area contributed by atoms with Crippen LogP contribution in [0.1, 0.15) is 21.7 Å². The van der Waals surface area contributed by atoms with Crippen molar-refractivity contribution in [3.8, 4) is 5.69 Å². The third kappa shape index (κ3) is 5.84. The Balaban J connectivity index is 0.000000423. The molecule has 0 saturated carbocycles. The molecule has 0 saturated heterocycles. The van der Waals surface area contributed by atoms with Gasteiger partial charge < -0.3 is 15.0 Å². The van der Waals surface area contributed by atoms with Gasteiger partial charge in [-0.05, 0) is 38.1 Å². The quantitative estimate of drug-likeness (QED) is 0.597. The second kappa shape index (κ2) is 9.32. The summed E-state index contributed by atoms with van der Waals surface area (Å²) in [5, 5.41) is 9.59. The highest BCUT2D eigenvalue weighted by atomic mass is 19.4. The molecule has 0 aliphatic heterocycles. The van der Waals surface area contributed by atoms with Gasteiger partial charge in [-0.2, -0.15) is 13.2 Å². The van der Waals surface area contributed by atoms with E-state index in [1.54, 1.807) is 30.6 Å². The summed E-state index contributed by atoms with van der Waals surface area (Å²) in [6.45, 7) is 3.87. The Labute approximate surface area is 172 Å². The number of aryl methyl sites for hydroxylation is 1. The fourth-order valence-electron chi connectivity index (χ4n) is 2.29. The number of alkyl halides is 3. The first-order valence-electron chi connectivity index (χ1n) is 8.43. The summed E-state index contributed by atoms with van der Waals surface area (Å²) in [6, 6.07) is 6.87. The van der Waals surface area contributed by atoms with Crippen molar-refractivity contribution < 1.29 is 36.6 Å². The van der Waals surface area contributed by atoms with Crippen LogP contribution in [0.2, 0.25) is 0 Å². The molecule has 1 amide bonds. The predicted octanol–water partition coefficient (Wildman–Crippen LogP) is 4.05. The second-order valence-electron chi connectivity index (χ2n) is 6.07. The molecule has 0 aliphatic rings. The number of rotatable bonds is 3. The van der Waals surface area contributed by atoms with E-state index in [1.165, 1.54) is 0 Å². The highest BCUT2D eigenvalue weighted by Crippen LogP contribution is 2.18. The largest absolute Gasteiger partial charge is 0.490 e. The van der Waals surface area contributed by atoms with E-state index < -0.39 is 35.3 Å². The minimum atomic E-state index is -5.08. The number of aromatic nitrogens is 3.